The monoisotopic (exact) mass is 447 g/mol. The number of carbonyl (C=O) groups excluding carboxylic acids is 1. The first-order valence-corrected chi connectivity index (χ1v) is 12.3. The summed E-state index contributed by atoms with van der Waals surface area (Å²) in [7, 11) is 0. The highest BCUT2D eigenvalue weighted by Gasteiger charge is 2.37. The molecule has 0 radical (unpaired) electrons. The number of hydrogen-bond donors (Lipinski definition) is 0. The van der Waals surface area contributed by atoms with Crippen LogP contribution in [0.1, 0.15) is 99.5 Å². The van der Waals surface area contributed by atoms with Gasteiger partial charge in [-0.05, 0) is 96.1 Å². The molecule has 1 atom stereocenters. The zero-order valence-corrected chi connectivity index (χ0v) is 21.8. The molecule has 3 rings (SSSR count). The summed E-state index contributed by atoms with van der Waals surface area (Å²) in [5, 5.41) is 0. The molecule has 3 heteroatoms. The van der Waals surface area contributed by atoms with Gasteiger partial charge < -0.3 is 4.74 Å². The maximum atomic E-state index is 12.6. The number of rotatable bonds is 7. The lowest BCUT2D eigenvalue weighted by atomic mass is 9.62. The number of aryl methyl sites for hydroxylation is 1. The Hall–Kier alpha value is -2.39. The van der Waals surface area contributed by atoms with Gasteiger partial charge >= 0.3 is 5.97 Å². The molecular weight excluding hydrogens is 406 g/mol. The number of fused-ring (bicyclic) bond motifs is 1. The maximum Gasteiger partial charge on any atom is 0.339 e. The van der Waals surface area contributed by atoms with Crippen LogP contribution in [0, 0.1) is 6.92 Å². The zero-order chi connectivity index (χ0) is 24.6. The minimum atomic E-state index is -0.291. The smallest absolute Gasteiger partial charge is 0.339 e. The lowest BCUT2D eigenvalue weighted by Crippen LogP contribution is -2.36. The number of carbonyl (C=O) groups is 1. The van der Waals surface area contributed by atoms with Crippen molar-refractivity contribution in [1.82, 2.24) is 4.90 Å². The van der Waals surface area contributed by atoms with Crippen LogP contribution in [0.2, 0.25) is 0 Å². The van der Waals surface area contributed by atoms with E-state index in [4.69, 9.17) is 4.74 Å². The summed E-state index contributed by atoms with van der Waals surface area (Å²) in [5.74, 6) is -0.291. The minimum Gasteiger partial charge on any atom is -0.443 e. The second-order valence-corrected chi connectivity index (χ2v) is 10.8. The highest BCUT2D eigenvalue weighted by atomic mass is 16.6. The Kier molecular flexibility index (Phi) is 7.24. The third-order valence-corrected chi connectivity index (χ3v) is 7.60. The number of benzene rings is 2. The van der Waals surface area contributed by atoms with Crippen LogP contribution in [0.15, 0.2) is 43.0 Å². The summed E-state index contributed by atoms with van der Waals surface area (Å²) in [6, 6.07) is 12.4. The van der Waals surface area contributed by atoms with Gasteiger partial charge in [-0.3, -0.25) is 4.90 Å². The first-order chi connectivity index (χ1) is 15.4. The molecule has 0 N–H and O–H groups in total. The van der Waals surface area contributed by atoms with E-state index < -0.39 is 0 Å². The summed E-state index contributed by atoms with van der Waals surface area (Å²) in [6.07, 6.45) is 2.15. The Morgan fingerprint density at radius 2 is 1.45 bits per heavy atom. The SMILES string of the molecule is C=C(c1ccc(C(=O)OC(C)N(CC)CC)cc1)c1cc2c(cc1C)C(C)(C)CCC2(C)C. The molecule has 0 spiro atoms. The molecule has 1 unspecified atom stereocenters. The second kappa shape index (κ2) is 9.46. The summed E-state index contributed by atoms with van der Waals surface area (Å²) in [5.41, 5.74) is 8.27. The molecule has 0 saturated heterocycles. The average Bonchev–Trinajstić information content (AvgIpc) is 2.77. The van der Waals surface area contributed by atoms with Crippen molar-refractivity contribution < 1.29 is 9.53 Å². The molecule has 33 heavy (non-hydrogen) atoms. The molecule has 0 bridgehead atoms. The van der Waals surface area contributed by atoms with Crippen molar-refractivity contribution >= 4 is 11.5 Å². The third-order valence-electron chi connectivity index (χ3n) is 7.60. The van der Waals surface area contributed by atoms with Gasteiger partial charge in [0.2, 0.25) is 0 Å². The van der Waals surface area contributed by atoms with Gasteiger partial charge in [0, 0.05) is 0 Å². The predicted octanol–water partition coefficient (Wildman–Crippen LogP) is 7.25. The van der Waals surface area contributed by atoms with Crippen LogP contribution in [0.3, 0.4) is 0 Å². The summed E-state index contributed by atoms with van der Waals surface area (Å²) in [6.45, 7) is 23.8. The molecule has 3 nitrogen and oxygen atoms in total. The maximum absolute atomic E-state index is 12.6. The third kappa shape index (κ3) is 5.09. The summed E-state index contributed by atoms with van der Waals surface area (Å²) < 4.78 is 5.65. The highest BCUT2D eigenvalue weighted by Crippen LogP contribution is 2.47. The van der Waals surface area contributed by atoms with Crippen LogP contribution >= 0.6 is 0 Å². The Balaban J connectivity index is 1.86. The number of hydrogen-bond acceptors (Lipinski definition) is 3. The van der Waals surface area contributed by atoms with Gasteiger partial charge in [-0.25, -0.2) is 4.79 Å². The first-order valence-electron chi connectivity index (χ1n) is 12.3. The molecule has 0 fully saturated rings. The van der Waals surface area contributed by atoms with Crippen LogP contribution in [-0.2, 0) is 15.6 Å². The first kappa shape index (κ1) is 25.2. The lowest BCUT2D eigenvalue weighted by Gasteiger charge is -2.42. The largest absolute Gasteiger partial charge is 0.443 e. The van der Waals surface area contributed by atoms with E-state index in [0.29, 0.717) is 5.56 Å². The topological polar surface area (TPSA) is 29.5 Å². The standard InChI is InChI=1S/C30H41NO2/c1-10-31(11-2)22(5)33-28(32)24-14-12-23(13-15-24)21(4)25-19-27-26(18-20(25)3)29(6,7)16-17-30(27,8)9/h12-15,18-19,22H,4,10-11,16-17H2,1-3,5-9H3. The molecule has 0 heterocycles. The number of esters is 1. The minimum absolute atomic E-state index is 0.156. The van der Waals surface area contributed by atoms with E-state index in [1.807, 2.05) is 31.2 Å². The van der Waals surface area contributed by atoms with Gasteiger partial charge in [-0.2, -0.15) is 0 Å². The van der Waals surface area contributed by atoms with Gasteiger partial charge in [-0.15, -0.1) is 0 Å². The Labute approximate surface area is 200 Å². The van der Waals surface area contributed by atoms with Gasteiger partial charge in [0.1, 0.15) is 0 Å². The van der Waals surface area contributed by atoms with Crippen molar-refractivity contribution in [3.05, 3.63) is 76.4 Å². The van der Waals surface area contributed by atoms with Crippen LogP contribution in [-0.4, -0.2) is 30.2 Å². The molecule has 0 aliphatic heterocycles. The van der Waals surface area contributed by atoms with Gasteiger partial charge in [0.05, 0.1) is 5.56 Å². The summed E-state index contributed by atoms with van der Waals surface area (Å²) >= 11 is 0. The van der Waals surface area contributed by atoms with Crippen molar-refractivity contribution in [2.24, 2.45) is 0 Å². The van der Waals surface area contributed by atoms with Crippen LogP contribution in [0.5, 0.6) is 0 Å². The van der Waals surface area contributed by atoms with Crippen molar-refractivity contribution in [3.63, 3.8) is 0 Å². The Bertz CT molecular complexity index is 1030. The van der Waals surface area contributed by atoms with Gasteiger partial charge in [-0.1, -0.05) is 72.4 Å². The van der Waals surface area contributed by atoms with E-state index in [-0.39, 0.29) is 23.0 Å². The number of nitrogens with zero attached hydrogens (tertiary/aromatic N) is 1. The van der Waals surface area contributed by atoms with E-state index >= 15 is 0 Å². The Morgan fingerprint density at radius 1 is 0.970 bits per heavy atom. The second-order valence-electron chi connectivity index (χ2n) is 10.8. The molecule has 2 aromatic carbocycles. The zero-order valence-electron chi connectivity index (χ0n) is 21.8. The van der Waals surface area contributed by atoms with Crippen molar-refractivity contribution in [2.45, 2.75) is 85.3 Å². The molecule has 1 aliphatic rings. The lowest BCUT2D eigenvalue weighted by molar-refractivity contribution is -0.0197. The predicted molar refractivity (Wildman–Crippen MR) is 139 cm³/mol. The van der Waals surface area contributed by atoms with Gasteiger partial charge in [0.25, 0.3) is 0 Å². The quantitative estimate of drug-likeness (QED) is 0.331. The molecular formula is C30H41NO2. The Morgan fingerprint density at radius 3 is 1.97 bits per heavy atom. The molecule has 1 aliphatic carbocycles. The molecule has 178 valence electrons. The van der Waals surface area contributed by atoms with Crippen molar-refractivity contribution in [2.75, 3.05) is 13.1 Å². The summed E-state index contributed by atoms with van der Waals surface area (Å²) in [4.78, 5) is 14.7. The molecule has 0 aromatic heterocycles. The average molecular weight is 448 g/mol. The fraction of sp³-hybridized carbons (Fsp3) is 0.500. The normalized spacial score (nSPS) is 17.4. The van der Waals surface area contributed by atoms with E-state index in [9.17, 15) is 4.79 Å². The van der Waals surface area contributed by atoms with Crippen LogP contribution in [0.25, 0.3) is 5.57 Å². The van der Waals surface area contributed by atoms with E-state index in [1.54, 1.807) is 0 Å². The van der Waals surface area contributed by atoms with Crippen molar-refractivity contribution in [1.29, 1.82) is 0 Å². The fourth-order valence-corrected chi connectivity index (χ4v) is 5.05. The van der Waals surface area contributed by atoms with Crippen molar-refractivity contribution in [3.8, 4) is 0 Å². The van der Waals surface area contributed by atoms with E-state index in [1.165, 1.54) is 35.1 Å². The van der Waals surface area contributed by atoms with E-state index in [0.717, 1.165) is 24.2 Å². The number of ether oxygens (including phenoxy) is 1. The van der Waals surface area contributed by atoms with Crippen LogP contribution in [0.4, 0.5) is 0 Å². The molecule has 0 amide bonds. The van der Waals surface area contributed by atoms with Gasteiger partial charge in [0.15, 0.2) is 6.23 Å². The molecule has 0 saturated carbocycles. The highest BCUT2D eigenvalue weighted by molar-refractivity contribution is 5.90. The van der Waals surface area contributed by atoms with E-state index in [2.05, 4.69) is 72.1 Å². The van der Waals surface area contributed by atoms with Crippen LogP contribution < -0.4 is 0 Å². The molecule has 2 aromatic rings. The fourth-order valence-electron chi connectivity index (χ4n) is 5.05.